The summed E-state index contributed by atoms with van der Waals surface area (Å²) in [5, 5.41) is 3.45. The summed E-state index contributed by atoms with van der Waals surface area (Å²) in [5.74, 6) is 1.31. The van der Waals surface area contributed by atoms with Gasteiger partial charge in [0, 0.05) is 57.8 Å². The summed E-state index contributed by atoms with van der Waals surface area (Å²) in [6.45, 7) is 15.3. The number of amides is 1. The van der Waals surface area contributed by atoms with Gasteiger partial charge in [0.25, 0.3) is 0 Å². The van der Waals surface area contributed by atoms with Crippen LogP contribution in [0.3, 0.4) is 0 Å². The molecular weight excluding hydrogens is 469 g/mol. The summed E-state index contributed by atoms with van der Waals surface area (Å²) in [6, 6.07) is -0.0145. The normalized spacial score (nSPS) is 27.6. The van der Waals surface area contributed by atoms with Crippen molar-refractivity contribution in [2.24, 2.45) is 10.4 Å². The largest absolute Gasteiger partial charge is 0.381 e. The van der Waals surface area contributed by atoms with Crippen molar-refractivity contribution in [3.05, 3.63) is 0 Å². The SMILES string of the molecule is CCNC(=NCC1(C)CCOC1)N1CCN(C(C)C(=O)N2CCCC2)CC1.I. The van der Waals surface area contributed by atoms with E-state index in [1.54, 1.807) is 0 Å². The molecular formula is C20H38IN5O2. The molecule has 0 aromatic heterocycles. The lowest BCUT2D eigenvalue weighted by atomic mass is 9.90. The molecule has 3 rings (SSSR count). The second-order valence-corrected chi connectivity index (χ2v) is 8.51. The third-order valence-electron chi connectivity index (χ3n) is 6.18. The van der Waals surface area contributed by atoms with E-state index in [1.165, 1.54) is 0 Å². The minimum atomic E-state index is -0.0145. The highest BCUT2D eigenvalue weighted by molar-refractivity contribution is 14.0. The fraction of sp³-hybridized carbons (Fsp3) is 0.900. The van der Waals surface area contributed by atoms with E-state index in [2.05, 4.69) is 35.9 Å². The molecule has 162 valence electrons. The van der Waals surface area contributed by atoms with Crippen LogP contribution in [0.25, 0.3) is 0 Å². The average Bonchev–Trinajstić information content (AvgIpc) is 3.36. The zero-order chi connectivity index (χ0) is 19.3. The molecule has 0 saturated carbocycles. The second kappa shape index (κ2) is 11.0. The smallest absolute Gasteiger partial charge is 0.239 e. The van der Waals surface area contributed by atoms with Crippen molar-refractivity contribution in [1.82, 2.24) is 20.0 Å². The van der Waals surface area contributed by atoms with Crippen LogP contribution < -0.4 is 5.32 Å². The Morgan fingerprint density at radius 2 is 1.82 bits per heavy atom. The first kappa shape index (κ1) is 23.7. The Bertz CT molecular complexity index is 525. The molecule has 0 spiro atoms. The lowest BCUT2D eigenvalue weighted by Crippen LogP contribution is -2.57. The van der Waals surface area contributed by atoms with Gasteiger partial charge in [-0.1, -0.05) is 6.92 Å². The number of halogens is 1. The van der Waals surface area contributed by atoms with Crippen LogP contribution in [-0.2, 0) is 9.53 Å². The molecule has 2 atom stereocenters. The predicted molar refractivity (Wildman–Crippen MR) is 123 cm³/mol. The van der Waals surface area contributed by atoms with Gasteiger partial charge >= 0.3 is 0 Å². The molecule has 0 bridgehead atoms. The number of likely N-dealkylation sites (tertiary alicyclic amines) is 1. The fourth-order valence-corrected chi connectivity index (χ4v) is 4.20. The number of nitrogens with one attached hydrogen (secondary N) is 1. The van der Waals surface area contributed by atoms with Gasteiger partial charge in [0.2, 0.25) is 5.91 Å². The van der Waals surface area contributed by atoms with E-state index >= 15 is 0 Å². The number of carbonyl (C=O) groups is 1. The van der Waals surface area contributed by atoms with Crippen LogP contribution >= 0.6 is 24.0 Å². The first-order chi connectivity index (χ1) is 13.0. The lowest BCUT2D eigenvalue weighted by molar-refractivity contribution is -0.135. The fourth-order valence-electron chi connectivity index (χ4n) is 4.20. The average molecular weight is 507 g/mol. The number of hydrogen-bond acceptors (Lipinski definition) is 4. The molecule has 3 aliphatic rings. The summed E-state index contributed by atoms with van der Waals surface area (Å²) in [4.78, 5) is 24.3. The number of hydrogen-bond donors (Lipinski definition) is 1. The van der Waals surface area contributed by atoms with Gasteiger partial charge in [0.1, 0.15) is 0 Å². The van der Waals surface area contributed by atoms with E-state index < -0.39 is 0 Å². The molecule has 0 aliphatic carbocycles. The van der Waals surface area contributed by atoms with Gasteiger partial charge in [-0.05, 0) is 33.1 Å². The third-order valence-corrected chi connectivity index (χ3v) is 6.18. The number of nitrogens with zero attached hydrogens (tertiary/aromatic N) is 4. The van der Waals surface area contributed by atoms with Crippen molar-refractivity contribution in [2.75, 3.05) is 65.6 Å². The molecule has 3 saturated heterocycles. The molecule has 28 heavy (non-hydrogen) atoms. The van der Waals surface area contributed by atoms with Crippen LogP contribution in [0.5, 0.6) is 0 Å². The number of piperazine rings is 1. The number of rotatable bonds is 5. The highest BCUT2D eigenvalue weighted by Crippen LogP contribution is 2.28. The van der Waals surface area contributed by atoms with Crippen LogP contribution in [0, 0.1) is 5.41 Å². The summed E-state index contributed by atoms with van der Waals surface area (Å²) < 4.78 is 5.56. The first-order valence-electron chi connectivity index (χ1n) is 10.7. The maximum absolute atomic E-state index is 12.7. The Morgan fingerprint density at radius 3 is 2.39 bits per heavy atom. The molecule has 1 N–H and O–H groups in total. The Hall–Kier alpha value is -0.610. The molecule has 8 heteroatoms. The van der Waals surface area contributed by atoms with Crippen molar-refractivity contribution in [1.29, 1.82) is 0 Å². The van der Waals surface area contributed by atoms with E-state index in [0.29, 0.717) is 5.91 Å². The van der Waals surface area contributed by atoms with Gasteiger partial charge in [-0.25, -0.2) is 0 Å². The topological polar surface area (TPSA) is 60.4 Å². The molecule has 3 fully saturated rings. The van der Waals surface area contributed by atoms with Gasteiger partial charge in [0.05, 0.1) is 19.2 Å². The molecule has 0 radical (unpaired) electrons. The first-order valence-corrected chi connectivity index (χ1v) is 10.7. The van der Waals surface area contributed by atoms with Gasteiger partial charge < -0.3 is 19.9 Å². The zero-order valence-electron chi connectivity index (χ0n) is 17.8. The van der Waals surface area contributed by atoms with E-state index in [1.807, 2.05) is 4.90 Å². The van der Waals surface area contributed by atoms with Crippen molar-refractivity contribution in [3.8, 4) is 0 Å². The van der Waals surface area contributed by atoms with Crippen LogP contribution in [0.15, 0.2) is 4.99 Å². The monoisotopic (exact) mass is 507 g/mol. The lowest BCUT2D eigenvalue weighted by Gasteiger charge is -2.39. The van der Waals surface area contributed by atoms with Crippen LogP contribution in [0.1, 0.15) is 40.0 Å². The van der Waals surface area contributed by atoms with Crippen molar-refractivity contribution in [2.45, 2.75) is 46.1 Å². The van der Waals surface area contributed by atoms with Crippen LogP contribution in [-0.4, -0.2) is 98.2 Å². The Kier molecular flexibility index (Phi) is 9.27. The van der Waals surface area contributed by atoms with E-state index in [4.69, 9.17) is 9.73 Å². The van der Waals surface area contributed by atoms with Gasteiger partial charge in [0.15, 0.2) is 5.96 Å². The zero-order valence-corrected chi connectivity index (χ0v) is 20.1. The summed E-state index contributed by atoms with van der Waals surface area (Å²) >= 11 is 0. The summed E-state index contributed by atoms with van der Waals surface area (Å²) in [5.41, 5.74) is 0.166. The van der Waals surface area contributed by atoms with Gasteiger partial charge in [-0.2, -0.15) is 0 Å². The minimum Gasteiger partial charge on any atom is -0.381 e. The highest BCUT2D eigenvalue weighted by Gasteiger charge is 2.32. The maximum Gasteiger partial charge on any atom is 0.239 e. The number of aliphatic imine (C=N–C) groups is 1. The van der Waals surface area contributed by atoms with E-state index in [-0.39, 0.29) is 35.4 Å². The van der Waals surface area contributed by atoms with Crippen molar-refractivity contribution < 1.29 is 9.53 Å². The maximum atomic E-state index is 12.7. The summed E-state index contributed by atoms with van der Waals surface area (Å²) in [6.07, 6.45) is 3.39. The molecule has 3 aliphatic heterocycles. The van der Waals surface area contributed by atoms with Crippen LogP contribution in [0.2, 0.25) is 0 Å². The van der Waals surface area contributed by atoms with Crippen molar-refractivity contribution in [3.63, 3.8) is 0 Å². The number of ether oxygens (including phenoxy) is 1. The van der Waals surface area contributed by atoms with Gasteiger partial charge in [-0.3, -0.25) is 14.7 Å². The Morgan fingerprint density at radius 1 is 1.14 bits per heavy atom. The summed E-state index contributed by atoms with van der Waals surface area (Å²) in [7, 11) is 0. The molecule has 3 heterocycles. The quantitative estimate of drug-likeness (QED) is 0.348. The Balaban J connectivity index is 0.00000280. The number of carbonyl (C=O) groups excluding carboxylic acids is 1. The third kappa shape index (κ3) is 5.95. The second-order valence-electron chi connectivity index (χ2n) is 8.51. The molecule has 0 aromatic rings. The minimum absolute atomic E-state index is 0. The van der Waals surface area contributed by atoms with Gasteiger partial charge in [-0.15, -0.1) is 24.0 Å². The molecule has 2 unspecified atom stereocenters. The predicted octanol–water partition coefficient (Wildman–Crippen LogP) is 1.63. The van der Waals surface area contributed by atoms with Crippen molar-refractivity contribution >= 4 is 35.8 Å². The van der Waals surface area contributed by atoms with E-state index in [9.17, 15) is 4.79 Å². The van der Waals surface area contributed by atoms with E-state index in [0.717, 1.165) is 90.8 Å². The highest BCUT2D eigenvalue weighted by atomic mass is 127. The number of guanidine groups is 1. The molecule has 1 amide bonds. The Labute approximate surface area is 187 Å². The molecule has 7 nitrogen and oxygen atoms in total. The molecule has 0 aromatic carbocycles. The standard InChI is InChI=1S/C20H37N5O2.HI/c1-4-21-19(22-15-20(3)7-14-27-16-20)25-12-10-23(11-13-25)17(2)18(26)24-8-5-6-9-24;/h17H,4-16H2,1-3H3,(H,21,22);1H. The van der Waals surface area contributed by atoms with Crippen LogP contribution in [0.4, 0.5) is 0 Å².